The Labute approximate surface area is 170 Å². The number of aryl methyl sites for hydroxylation is 1. The summed E-state index contributed by atoms with van der Waals surface area (Å²) in [6, 6.07) is 19.6. The predicted octanol–water partition coefficient (Wildman–Crippen LogP) is 2.94. The summed E-state index contributed by atoms with van der Waals surface area (Å²) in [6.07, 6.45) is 0.371. The average Bonchev–Trinajstić information content (AvgIpc) is 3.00. The van der Waals surface area contributed by atoms with Gasteiger partial charge in [0.25, 0.3) is 0 Å². The van der Waals surface area contributed by atoms with Crippen LogP contribution >= 0.6 is 0 Å². The van der Waals surface area contributed by atoms with Gasteiger partial charge in [0.05, 0.1) is 17.8 Å². The van der Waals surface area contributed by atoms with E-state index < -0.39 is 5.91 Å². The number of amides is 2. The van der Waals surface area contributed by atoms with Crippen molar-refractivity contribution in [3.05, 3.63) is 83.2 Å². The molecule has 6 nitrogen and oxygen atoms in total. The standard InChI is InChI=1S/C23H26N4O2/c1-17-21(18(2)27(25-17)20-11-7-4-8-12-20)15-23(29)26(14-13-22(24)28)16-19-9-5-3-6-10-19/h3-12H,13-16H2,1-2H3,(H2,24,28). The third-order valence-corrected chi connectivity index (χ3v) is 4.97. The molecule has 0 fully saturated rings. The van der Waals surface area contributed by atoms with E-state index in [4.69, 9.17) is 5.73 Å². The molecule has 3 aromatic rings. The summed E-state index contributed by atoms with van der Waals surface area (Å²) in [6.45, 7) is 4.63. The number of nitrogens with two attached hydrogens (primary N) is 1. The Kier molecular flexibility index (Phi) is 6.44. The van der Waals surface area contributed by atoms with Gasteiger partial charge < -0.3 is 10.6 Å². The Balaban J connectivity index is 1.81. The molecule has 0 saturated carbocycles. The third-order valence-electron chi connectivity index (χ3n) is 4.97. The summed E-state index contributed by atoms with van der Waals surface area (Å²) in [4.78, 5) is 26.1. The minimum absolute atomic E-state index is 0.0473. The van der Waals surface area contributed by atoms with Gasteiger partial charge in [-0.05, 0) is 31.5 Å². The molecule has 0 atom stereocenters. The summed E-state index contributed by atoms with van der Waals surface area (Å²) in [5.74, 6) is -0.464. The molecule has 2 aromatic carbocycles. The molecule has 0 aliphatic rings. The van der Waals surface area contributed by atoms with Crippen LogP contribution in [-0.2, 0) is 22.6 Å². The number of para-hydroxylation sites is 1. The Bertz CT molecular complexity index is 981. The number of benzene rings is 2. The van der Waals surface area contributed by atoms with E-state index in [2.05, 4.69) is 5.10 Å². The molecule has 29 heavy (non-hydrogen) atoms. The van der Waals surface area contributed by atoms with Crippen LogP contribution in [0, 0.1) is 13.8 Å². The molecular formula is C23H26N4O2. The molecule has 0 aliphatic carbocycles. The van der Waals surface area contributed by atoms with Gasteiger partial charge in [-0.15, -0.1) is 0 Å². The lowest BCUT2D eigenvalue weighted by atomic mass is 10.1. The Morgan fingerprint density at radius 3 is 2.24 bits per heavy atom. The van der Waals surface area contributed by atoms with Crippen molar-refractivity contribution in [2.24, 2.45) is 5.73 Å². The summed E-state index contributed by atoms with van der Waals surface area (Å²) in [7, 11) is 0. The molecule has 2 N–H and O–H groups in total. The second kappa shape index (κ2) is 9.19. The van der Waals surface area contributed by atoms with Gasteiger partial charge in [-0.3, -0.25) is 9.59 Å². The van der Waals surface area contributed by atoms with Crippen molar-refractivity contribution in [3.63, 3.8) is 0 Å². The van der Waals surface area contributed by atoms with E-state index in [1.165, 1.54) is 0 Å². The third kappa shape index (κ3) is 5.10. The highest BCUT2D eigenvalue weighted by atomic mass is 16.2. The number of primary amides is 1. The number of rotatable bonds is 8. The molecule has 0 unspecified atom stereocenters. The van der Waals surface area contributed by atoms with Gasteiger partial charge in [-0.25, -0.2) is 4.68 Å². The maximum absolute atomic E-state index is 13.1. The number of carbonyl (C=O) groups is 2. The highest BCUT2D eigenvalue weighted by molar-refractivity contribution is 5.80. The molecule has 6 heteroatoms. The minimum Gasteiger partial charge on any atom is -0.370 e. The zero-order valence-electron chi connectivity index (χ0n) is 16.8. The Morgan fingerprint density at radius 1 is 1.00 bits per heavy atom. The van der Waals surface area contributed by atoms with E-state index in [0.29, 0.717) is 13.1 Å². The molecule has 150 valence electrons. The summed E-state index contributed by atoms with van der Waals surface area (Å²) in [5, 5.41) is 4.62. The van der Waals surface area contributed by atoms with E-state index in [9.17, 15) is 9.59 Å². The van der Waals surface area contributed by atoms with E-state index in [1.54, 1.807) is 4.90 Å². The number of hydrogen-bond acceptors (Lipinski definition) is 3. The van der Waals surface area contributed by atoms with Crippen LogP contribution in [0.2, 0.25) is 0 Å². The van der Waals surface area contributed by atoms with E-state index in [0.717, 1.165) is 28.2 Å². The second-order valence-electron chi connectivity index (χ2n) is 7.09. The minimum atomic E-state index is -0.417. The summed E-state index contributed by atoms with van der Waals surface area (Å²) < 4.78 is 1.86. The maximum atomic E-state index is 13.1. The molecule has 3 rings (SSSR count). The van der Waals surface area contributed by atoms with Gasteiger partial charge in [0.15, 0.2) is 0 Å². The van der Waals surface area contributed by atoms with Crippen LogP contribution in [0.5, 0.6) is 0 Å². The van der Waals surface area contributed by atoms with Gasteiger partial charge in [0.1, 0.15) is 0 Å². The fraction of sp³-hybridized carbons (Fsp3) is 0.261. The van der Waals surface area contributed by atoms with Gasteiger partial charge in [0, 0.05) is 30.8 Å². The van der Waals surface area contributed by atoms with Crippen LogP contribution in [-0.4, -0.2) is 33.0 Å². The monoisotopic (exact) mass is 390 g/mol. The average molecular weight is 390 g/mol. The quantitative estimate of drug-likeness (QED) is 0.642. The van der Waals surface area contributed by atoms with Crippen molar-refractivity contribution in [3.8, 4) is 5.69 Å². The molecule has 0 spiro atoms. The molecule has 0 bridgehead atoms. The van der Waals surface area contributed by atoms with Crippen molar-refractivity contribution in [1.82, 2.24) is 14.7 Å². The number of hydrogen-bond donors (Lipinski definition) is 1. The van der Waals surface area contributed by atoms with E-state index in [-0.39, 0.29) is 18.7 Å². The highest BCUT2D eigenvalue weighted by Gasteiger charge is 2.20. The smallest absolute Gasteiger partial charge is 0.227 e. The second-order valence-corrected chi connectivity index (χ2v) is 7.09. The zero-order chi connectivity index (χ0) is 20.8. The molecule has 1 aromatic heterocycles. The van der Waals surface area contributed by atoms with Crippen molar-refractivity contribution in [2.45, 2.75) is 33.2 Å². The Morgan fingerprint density at radius 2 is 1.62 bits per heavy atom. The SMILES string of the molecule is Cc1nn(-c2ccccc2)c(C)c1CC(=O)N(CCC(N)=O)Cc1ccccc1. The molecule has 0 saturated heterocycles. The first kappa shape index (κ1) is 20.3. The molecule has 2 amide bonds. The lowest BCUT2D eigenvalue weighted by molar-refractivity contribution is -0.131. The first-order valence-electron chi connectivity index (χ1n) is 9.66. The van der Waals surface area contributed by atoms with Gasteiger partial charge in [-0.2, -0.15) is 5.10 Å². The zero-order valence-corrected chi connectivity index (χ0v) is 16.8. The van der Waals surface area contributed by atoms with Crippen LogP contribution in [0.4, 0.5) is 0 Å². The molecule has 0 radical (unpaired) electrons. The van der Waals surface area contributed by atoms with Crippen LogP contribution in [0.15, 0.2) is 60.7 Å². The summed E-state index contributed by atoms with van der Waals surface area (Å²) in [5.41, 5.74) is 9.97. The fourth-order valence-electron chi connectivity index (χ4n) is 3.36. The topological polar surface area (TPSA) is 81.2 Å². The lowest BCUT2D eigenvalue weighted by Crippen LogP contribution is -2.34. The first-order chi connectivity index (χ1) is 14.0. The van der Waals surface area contributed by atoms with Gasteiger partial charge >= 0.3 is 0 Å². The summed E-state index contributed by atoms with van der Waals surface area (Å²) >= 11 is 0. The maximum Gasteiger partial charge on any atom is 0.227 e. The van der Waals surface area contributed by atoms with Crippen molar-refractivity contribution in [1.29, 1.82) is 0 Å². The normalized spacial score (nSPS) is 10.7. The van der Waals surface area contributed by atoms with Crippen molar-refractivity contribution >= 4 is 11.8 Å². The van der Waals surface area contributed by atoms with Gasteiger partial charge in [0.2, 0.25) is 11.8 Å². The molecule has 0 aliphatic heterocycles. The van der Waals surface area contributed by atoms with Crippen LogP contribution in [0.25, 0.3) is 5.69 Å². The Hall–Kier alpha value is -3.41. The number of nitrogens with zero attached hydrogens (tertiary/aromatic N) is 3. The van der Waals surface area contributed by atoms with Gasteiger partial charge in [-0.1, -0.05) is 48.5 Å². The molecular weight excluding hydrogens is 364 g/mol. The van der Waals surface area contributed by atoms with E-state index >= 15 is 0 Å². The van der Waals surface area contributed by atoms with E-state index in [1.807, 2.05) is 79.2 Å². The lowest BCUT2D eigenvalue weighted by Gasteiger charge is -2.22. The van der Waals surface area contributed by atoms with Crippen molar-refractivity contribution < 1.29 is 9.59 Å². The first-order valence-corrected chi connectivity index (χ1v) is 9.66. The predicted molar refractivity (Wildman–Crippen MR) is 112 cm³/mol. The largest absolute Gasteiger partial charge is 0.370 e. The highest BCUT2D eigenvalue weighted by Crippen LogP contribution is 2.19. The van der Waals surface area contributed by atoms with Crippen molar-refractivity contribution in [2.75, 3.05) is 6.54 Å². The number of aromatic nitrogens is 2. The number of carbonyl (C=O) groups excluding carboxylic acids is 2. The van der Waals surface area contributed by atoms with Crippen LogP contribution in [0.1, 0.15) is 28.9 Å². The van der Waals surface area contributed by atoms with Crippen LogP contribution < -0.4 is 5.73 Å². The molecule has 1 heterocycles. The van der Waals surface area contributed by atoms with Crippen LogP contribution in [0.3, 0.4) is 0 Å². The fourth-order valence-corrected chi connectivity index (χ4v) is 3.36.